The van der Waals surface area contributed by atoms with Gasteiger partial charge in [0.05, 0.1) is 16.8 Å². The first-order valence-corrected chi connectivity index (χ1v) is 3.42. The molecule has 4 nitrogen and oxygen atoms in total. The molecule has 3 N–H and O–H groups in total. The zero-order valence-corrected chi connectivity index (χ0v) is 6.65. The van der Waals surface area contributed by atoms with Gasteiger partial charge in [-0.3, -0.25) is 0 Å². The van der Waals surface area contributed by atoms with Crippen LogP contribution in [0.25, 0.3) is 0 Å². The van der Waals surface area contributed by atoms with Gasteiger partial charge in [-0.1, -0.05) is 16.8 Å². The molecule has 0 unspecified atom stereocenters. The van der Waals surface area contributed by atoms with E-state index in [0.717, 1.165) is 6.21 Å². The summed E-state index contributed by atoms with van der Waals surface area (Å²) in [5.74, 6) is -0.333. The Morgan fingerprint density at radius 1 is 1.25 bits per heavy atom. The van der Waals surface area contributed by atoms with Gasteiger partial charge in [0.15, 0.2) is 0 Å². The molecule has 0 saturated heterocycles. The van der Waals surface area contributed by atoms with Crippen LogP contribution in [0.3, 0.4) is 0 Å². The highest BCUT2D eigenvalue weighted by molar-refractivity contribution is 6.34. The Morgan fingerprint density at radius 2 is 1.83 bits per heavy atom. The summed E-state index contributed by atoms with van der Waals surface area (Å²) in [5, 5.41) is 29.0. The van der Waals surface area contributed by atoms with E-state index >= 15 is 0 Å². The third-order valence-corrected chi connectivity index (χ3v) is 1.72. The van der Waals surface area contributed by atoms with Crippen LogP contribution in [-0.4, -0.2) is 21.6 Å². The minimum absolute atomic E-state index is 0.0483. The maximum atomic E-state index is 9.15. The van der Waals surface area contributed by atoms with E-state index in [4.69, 9.17) is 27.0 Å². The van der Waals surface area contributed by atoms with E-state index in [1.54, 1.807) is 0 Å². The fourth-order valence-electron chi connectivity index (χ4n) is 0.752. The van der Waals surface area contributed by atoms with Crippen molar-refractivity contribution in [3.8, 4) is 11.5 Å². The third-order valence-electron chi connectivity index (χ3n) is 1.32. The molecule has 1 aromatic carbocycles. The highest BCUT2D eigenvalue weighted by atomic mass is 35.5. The molecule has 0 aliphatic carbocycles. The Balaban J connectivity index is 3.32. The smallest absolute Gasteiger partial charge is 0.135 e. The standard InChI is InChI=1S/C7H6ClNO3/c8-7-4(3-9-12)5(10)1-2-6(7)11/h1-3,10-12H. The van der Waals surface area contributed by atoms with Crippen LogP contribution >= 0.6 is 11.6 Å². The summed E-state index contributed by atoms with van der Waals surface area (Å²) < 4.78 is 0. The molecule has 0 aliphatic heterocycles. The number of oxime groups is 1. The highest BCUT2D eigenvalue weighted by Gasteiger charge is 2.08. The van der Waals surface area contributed by atoms with Gasteiger partial charge in [-0.25, -0.2) is 0 Å². The van der Waals surface area contributed by atoms with Crippen molar-refractivity contribution in [2.45, 2.75) is 0 Å². The van der Waals surface area contributed by atoms with Gasteiger partial charge < -0.3 is 15.4 Å². The van der Waals surface area contributed by atoms with Gasteiger partial charge in [-0.05, 0) is 12.1 Å². The van der Waals surface area contributed by atoms with Crippen LogP contribution in [0.1, 0.15) is 5.56 Å². The van der Waals surface area contributed by atoms with Crippen molar-refractivity contribution in [2.75, 3.05) is 0 Å². The Morgan fingerprint density at radius 3 is 2.42 bits per heavy atom. The number of hydrogen-bond acceptors (Lipinski definition) is 4. The Kier molecular flexibility index (Phi) is 2.40. The second kappa shape index (κ2) is 3.32. The van der Waals surface area contributed by atoms with E-state index in [1.807, 2.05) is 0 Å². The molecule has 0 fully saturated rings. The average Bonchev–Trinajstić information content (AvgIpc) is 2.06. The molecule has 0 radical (unpaired) electrons. The van der Waals surface area contributed by atoms with Crippen molar-refractivity contribution in [1.29, 1.82) is 0 Å². The molecule has 1 rings (SSSR count). The monoisotopic (exact) mass is 187 g/mol. The molecule has 12 heavy (non-hydrogen) atoms. The fraction of sp³-hybridized carbons (Fsp3) is 0. The van der Waals surface area contributed by atoms with Crippen LogP contribution in [0, 0.1) is 0 Å². The number of rotatable bonds is 1. The molecule has 1 aromatic rings. The van der Waals surface area contributed by atoms with Crippen LogP contribution in [0.15, 0.2) is 17.3 Å². The average molecular weight is 188 g/mol. The Labute approximate surface area is 73.3 Å². The van der Waals surface area contributed by atoms with Gasteiger partial charge in [0.2, 0.25) is 0 Å². The van der Waals surface area contributed by atoms with E-state index in [-0.39, 0.29) is 22.1 Å². The Hall–Kier alpha value is -1.42. The van der Waals surface area contributed by atoms with E-state index in [0.29, 0.717) is 0 Å². The van der Waals surface area contributed by atoms with Crippen molar-refractivity contribution >= 4 is 17.8 Å². The summed E-state index contributed by atoms with van der Waals surface area (Å²) in [5.41, 5.74) is 0.0826. The highest BCUT2D eigenvalue weighted by Crippen LogP contribution is 2.31. The van der Waals surface area contributed by atoms with Crippen LogP contribution in [-0.2, 0) is 0 Å². The first-order chi connectivity index (χ1) is 5.66. The quantitative estimate of drug-likeness (QED) is 0.270. The predicted molar refractivity (Wildman–Crippen MR) is 44.2 cm³/mol. The molecule has 5 heteroatoms. The van der Waals surface area contributed by atoms with Gasteiger partial charge in [0.1, 0.15) is 11.5 Å². The molecule has 0 atom stereocenters. The molecule has 0 heterocycles. The summed E-state index contributed by atoms with van der Waals surface area (Å²) in [6, 6.07) is 2.49. The van der Waals surface area contributed by atoms with Gasteiger partial charge in [-0.15, -0.1) is 0 Å². The first kappa shape index (κ1) is 8.67. The maximum absolute atomic E-state index is 9.15. The lowest BCUT2D eigenvalue weighted by atomic mass is 10.2. The summed E-state index contributed by atoms with van der Waals surface area (Å²) >= 11 is 5.56. The summed E-state index contributed by atoms with van der Waals surface area (Å²) in [4.78, 5) is 0. The lowest BCUT2D eigenvalue weighted by Gasteiger charge is -2.01. The third kappa shape index (κ3) is 1.43. The molecule has 0 aromatic heterocycles. The number of benzene rings is 1. The number of hydrogen-bond donors (Lipinski definition) is 3. The van der Waals surface area contributed by atoms with Gasteiger partial charge >= 0.3 is 0 Å². The van der Waals surface area contributed by atoms with E-state index < -0.39 is 0 Å². The summed E-state index contributed by atoms with van der Waals surface area (Å²) in [7, 11) is 0. The zero-order valence-electron chi connectivity index (χ0n) is 5.90. The van der Waals surface area contributed by atoms with Crippen LogP contribution in [0.5, 0.6) is 11.5 Å². The van der Waals surface area contributed by atoms with Crippen molar-refractivity contribution in [3.63, 3.8) is 0 Å². The van der Waals surface area contributed by atoms with Crippen LogP contribution < -0.4 is 0 Å². The number of halogens is 1. The van der Waals surface area contributed by atoms with Crippen molar-refractivity contribution in [3.05, 3.63) is 22.7 Å². The maximum Gasteiger partial charge on any atom is 0.135 e. The number of aromatic hydroxyl groups is 2. The molecule has 0 aliphatic rings. The molecule has 64 valence electrons. The summed E-state index contributed by atoms with van der Waals surface area (Å²) in [6.45, 7) is 0. The van der Waals surface area contributed by atoms with E-state index in [1.165, 1.54) is 12.1 Å². The lowest BCUT2D eigenvalue weighted by molar-refractivity contribution is 0.321. The van der Waals surface area contributed by atoms with Crippen molar-refractivity contribution in [1.82, 2.24) is 0 Å². The van der Waals surface area contributed by atoms with Gasteiger partial charge in [-0.2, -0.15) is 0 Å². The number of phenols is 2. The van der Waals surface area contributed by atoms with Gasteiger partial charge in [0, 0.05) is 0 Å². The molecule has 0 saturated carbocycles. The minimum Gasteiger partial charge on any atom is -0.507 e. The minimum atomic E-state index is -0.177. The summed E-state index contributed by atoms with van der Waals surface area (Å²) in [6.07, 6.45) is 0.942. The predicted octanol–water partition coefficient (Wildman–Crippen LogP) is 1.56. The van der Waals surface area contributed by atoms with Crippen LogP contribution in [0.2, 0.25) is 5.02 Å². The largest absolute Gasteiger partial charge is 0.507 e. The molecule has 0 amide bonds. The van der Waals surface area contributed by atoms with Crippen molar-refractivity contribution < 1.29 is 15.4 Å². The van der Waals surface area contributed by atoms with E-state index in [9.17, 15) is 0 Å². The van der Waals surface area contributed by atoms with Gasteiger partial charge in [0.25, 0.3) is 0 Å². The zero-order chi connectivity index (χ0) is 9.14. The van der Waals surface area contributed by atoms with Crippen molar-refractivity contribution in [2.24, 2.45) is 5.16 Å². The normalized spacial score (nSPS) is 10.8. The van der Waals surface area contributed by atoms with Crippen LogP contribution in [0.4, 0.5) is 0 Å². The second-order valence-corrected chi connectivity index (χ2v) is 2.45. The fourth-order valence-corrected chi connectivity index (χ4v) is 0.960. The Bertz CT molecular complexity index is 325. The number of nitrogens with zero attached hydrogens (tertiary/aromatic N) is 1. The van der Waals surface area contributed by atoms with E-state index in [2.05, 4.69) is 5.16 Å². The SMILES string of the molecule is ON=Cc1c(O)ccc(O)c1Cl. The molecule has 0 bridgehead atoms. The topological polar surface area (TPSA) is 73.1 Å². The molecular formula is C7H6ClNO3. The molecular weight excluding hydrogens is 182 g/mol. The number of phenolic OH excluding ortho intramolecular Hbond substituents is 2. The molecule has 0 spiro atoms. The lowest BCUT2D eigenvalue weighted by Crippen LogP contribution is -1.84. The second-order valence-electron chi connectivity index (χ2n) is 2.08. The first-order valence-electron chi connectivity index (χ1n) is 3.04.